The van der Waals surface area contributed by atoms with Crippen LogP contribution in [0.2, 0.25) is 0 Å². The number of halogens is 2. The number of likely N-dealkylation sites (N-methyl/N-ethyl adjacent to an activating group) is 1. The van der Waals surface area contributed by atoms with Crippen molar-refractivity contribution in [2.75, 3.05) is 50.5 Å². The highest BCUT2D eigenvalue weighted by molar-refractivity contribution is 5.78. The zero-order valence-electron chi connectivity index (χ0n) is 22.8. The first-order valence-electron chi connectivity index (χ1n) is 14.4. The fraction of sp³-hybridized carbons (Fsp3) is 0.607. The lowest BCUT2D eigenvalue weighted by Gasteiger charge is -2.35. The number of aromatic nitrogens is 3. The molecule has 6 heterocycles. The Labute approximate surface area is 231 Å². The summed E-state index contributed by atoms with van der Waals surface area (Å²) in [6.45, 7) is 5.13. The van der Waals surface area contributed by atoms with Crippen LogP contribution in [0, 0.1) is 11.6 Å². The predicted molar refractivity (Wildman–Crippen MR) is 146 cm³/mol. The van der Waals surface area contributed by atoms with Crippen LogP contribution in [0.5, 0.6) is 6.01 Å². The quantitative estimate of drug-likeness (QED) is 0.472. The number of piperazine rings is 1. The zero-order valence-corrected chi connectivity index (χ0v) is 22.8. The third-order valence-electron chi connectivity index (χ3n) is 8.97. The largest absolute Gasteiger partial charge is 0.462 e. The molecule has 4 aliphatic heterocycles. The molecule has 3 fully saturated rings. The number of oxazole rings is 1. The van der Waals surface area contributed by atoms with Crippen LogP contribution in [-0.4, -0.2) is 82.7 Å². The molecule has 10 nitrogen and oxygen atoms in total. The lowest BCUT2D eigenvalue weighted by Crippen LogP contribution is -2.51. The van der Waals surface area contributed by atoms with Crippen molar-refractivity contribution in [1.82, 2.24) is 30.1 Å². The summed E-state index contributed by atoms with van der Waals surface area (Å²) in [5.74, 6) is -1.02. The van der Waals surface area contributed by atoms with Crippen LogP contribution in [0.15, 0.2) is 10.5 Å². The molecule has 2 aromatic heterocycles. The molecule has 0 spiro atoms. The smallest absolute Gasteiger partial charge is 0.318 e. The van der Waals surface area contributed by atoms with Crippen LogP contribution < -0.4 is 20.7 Å². The van der Waals surface area contributed by atoms with E-state index in [1.165, 1.54) is 25.3 Å². The van der Waals surface area contributed by atoms with Gasteiger partial charge in [0.2, 0.25) is 0 Å². The van der Waals surface area contributed by atoms with Crippen molar-refractivity contribution in [1.29, 1.82) is 0 Å². The topological polar surface area (TPSA) is 109 Å². The van der Waals surface area contributed by atoms with E-state index in [4.69, 9.17) is 24.9 Å². The highest BCUT2D eigenvalue weighted by Gasteiger charge is 2.35. The molecule has 3 aromatic rings. The summed E-state index contributed by atoms with van der Waals surface area (Å²) >= 11 is 0. The van der Waals surface area contributed by atoms with Gasteiger partial charge in [-0.15, -0.1) is 0 Å². The number of nitrogens with two attached hydrogens (primary N) is 1. The number of nitrogen functional groups attached to an aromatic ring is 1. The van der Waals surface area contributed by atoms with Gasteiger partial charge in [0, 0.05) is 55.4 Å². The van der Waals surface area contributed by atoms with Crippen LogP contribution in [0.1, 0.15) is 48.9 Å². The maximum absolute atomic E-state index is 14.4. The third-order valence-corrected chi connectivity index (χ3v) is 8.97. The van der Waals surface area contributed by atoms with Crippen molar-refractivity contribution in [3.63, 3.8) is 0 Å². The maximum atomic E-state index is 14.4. The number of hydrogen-bond donors (Lipinski definition) is 2. The maximum Gasteiger partial charge on any atom is 0.318 e. The minimum atomic E-state index is -1.04. The number of likely N-dealkylation sites (tertiary alicyclic amines) is 1. The Morgan fingerprint density at radius 3 is 2.70 bits per heavy atom. The van der Waals surface area contributed by atoms with Crippen LogP contribution in [0.25, 0.3) is 11.1 Å². The van der Waals surface area contributed by atoms with Crippen molar-refractivity contribution < 1.29 is 17.9 Å². The second-order valence-electron chi connectivity index (χ2n) is 11.8. The molecule has 7 rings (SSSR count). The summed E-state index contributed by atoms with van der Waals surface area (Å²) in [5.41, 5.74) is 8.30. The van der Waals surface area contributed by atoms with E-state index in [0.29, 0.717) is 49.4 Å². The monoisotopic (exact) mass is 554 g/mol. The average Bonchev–Trinajstić information content (AvgIpc) is 3.59. The van der Waals surface area contributed by atoms with Crippen molar-refractivity contribution in [2.24, 2.45) is 0 Å². The second kappa shape index (κ2) is 10.4. The minimum Gasteiger partial charge on any atom is -0.462 e. The Balaban J connectivity index is 1.20. The van der Waals surface area contributed by atoms with Gasteiger partial charge in [0.15, 0.2) is 22.7 Å². The Kier molecular flexibility index (Phi) is 6.71. The first-order chi connectivity index (χ1) is 19.4. The van der Waals surface area contributed by atoms with Crippen molar-refractivity contribution in [2.45, 2.75) is 69.7 Å². The molecule has 4 aliphatic rings. The number of rotatable bonds is 6. The van der Waals surface area contributed by atoms with E-state index >= 15 is 0 Å². The molecule has 0 saturated carbocycles. The van der Waals surface area contributed by atoms with Gasteiger partial charge in [0.1, 0.15) is 12.4 Å². The zero-order chi connectivity index (χ0) is 27.4. The van der Waals surface area contributed by atoms with Gasteiger partial charge < -0.3 is 30.0 Å². The first kappa shape index (κ1) is 25.8. The van der Waals surface area contributed by atoms with Gasteiger partial charge in [0.25, 0.3) is 6.01 Å². The Bertz CT molecular complexity index is 1400. The van der Waals surface area contributed by atoms with Gasteiger partial charge in [-0.05, 0) is 64.7 Å². The second-order valence-corrected chi connectivity index (χ2v) is 11.8. The summed E-state index contributed by atoms with van der Waals surface area (Å²) in [6.07, 6.45) is 6.39. The molecule has 0 radical (unpaired) electrons. The first-order valence-corrected chi connectivity index (χ1v) is 14.4. The van der Waals surface area contributed by atoms with Crippen molar-refractivity contribution in [3.05, 3.63) is 34.5 Å². The third kappa shape index (κ3) is 4.86. The number of nitrogens with one attached hydrogen (secondary N) is 1. The summed E-state index contributed by atoms with van der Waals surface area (Å²) in [7, 11) is 2.14. The molecule has 40 heavy (non-hydrogen) atoms. The molecule has 0 aliphatic carbocycles. The normalized spacial score (nSPS) is 25.5. The van der Waals surface area contributed by atoms with Crippen LogP contribution >= 0.6 is 0 Å². The predicted octanol–water partition coefficient (Wildman–Crippen LogP) is 2.84. The van der Waals surface area contributed by atoms with Gasteiger partial charge in [0.05, 0.1) is 5.69 Å². The minimum absolute atomic E-state index is 0.173. The number of benzene rings is 1. The van der Waals surface area contributed by atoms with Gasteiger partial charge in [-0.3, -0.25) is 4.90 Å². The van der Waals surface area contributed by atoms with E-state index in [1.54, 1.807) is 0 Å². The Hall–Kier alpha value is -3.09. The number of fused-ring (bicyclic) bond motifs is 4. The van der Waals surface area contributed by atoms with Gasteiger partial charge in [-0.1, -0.05) is 0 Å². The van der Waals surface area contributed by atoms with Crippen molar-refractivity contribution >= 4 is 22.9 Å². The fourth-order valence-corrected chi connectivity index (χ4v) is 6.90. The highest BCUT2D eigenvalue weighted by Crippen LogP contribution is 2.33. The summed E-state index contributed by atoms with van der Waals surface area (Å²) in [6, 6.07) is 2.74. The fourth-order valence-electron chi connectivity index (χ4n) is 6.90. The molecular formula is C28H36F2N8O2. The molecule has 3 atom stereocenters. The Morgan fingerprint density at radius 1 is 1.10 bits per heavy atom. The van der Waals surface area contributed by atoms with Crippen LogP contribution in [0.3, 0.4) is 0 Å². The lowest BCUT2D eigenvalue weighted by molar-refractivity contribution is 0.186. The Morgan fingerprint density at radius 2 is 1.93 bits per heavy atom. The van der Waals surface area contributed by atoms with Gasteiger partial charge in [-0.25, -0.2) is 8.78 Å². The molecule has 3 N–H and O–H groups in total. The summed E-state index contributed by atoms with van der Waals surface area (Å²) < 4.78 is 40.5. The number of ether oxygens (including phenoxy) is 1. The van der Waals surface area contributed by atoms with Gasteiger partial charge in [-0.2, -0.15) is 15.0 Å². The molecule has 214 valence electrons. The summed E-state index contributed by atoms with van der Waals surface area (Å²) in [5, 5.41) is 3.71. The van der Waals surface area contributed by atoms with E-state index in [1.807, 2.05) is 0 Å². The van der Waals surface area contributed by atoms with E-state index in [0.717, 1.165) is 62.5 Å². The average molecular weight is 555 g/mol. The molecule has 1 aromatic carbocycles. The van der Waals surface area contributed by atoms with E-state index in [-0.39, 0.29) is 17.1 Å². The molecule has 3 saturated heterocycles. The molecule has 2 unspecified atom stereocenters. The number of nitrogens with zero attached hydrogens (tertiary/aromatic N) is 6. The van der Waals surface area contributed by atoms with Gasteiger partial charge >= 0.3 is 6.01 Å². The van der Waals surface area contributed by atoms with Crippen molar-refractivity contribution in [3.8, 4) is 6.01 Å². The standard InChI is InChI=1S/C28H36F2N8O2/c1-36-8-2-4-19(36)15-39-28-33-22-14-37(11-16-10-21(29)23(30)24-25(16)40-27(31)34-24)9-3-5-20(22)26(35-28)38-12-17-6-7-18(13-38)32-17/h10,17-19,32H,2-9,11-15H2,1H3,(H2,31,34)/t17?,18?,19-/m1/s1. The number of hydrogen-bond acceptors (Lipinski definition) is 10. The SMILES string of the molecule is CN1CCC[C@@H]1COc1nc2c(c(N3CC4CCC(C3)N4)n1)CCCN(Cc1cc(F)c(F)c3nc(N)oc13)C2. The molecule has 12 heteroatoms. The van der Waals surface area contributed by atoms with E-state index in [9.17, 15) is 8.78 Å². The molecule has 2 bridgehead atoms. The van der Waals surface area contributed by atoms with Crippen LogP contribution in [0.4, 0.5) is 20.6 Å². The summed E-state index contributed by atoms with van der Waals surface area (Å²) in [4.78, 5) is 20.7. The van der Waals surface area contributed by atoms with Crippen LogP contribution in [-0.2, 0) is 19.5 Å². The molecular weight excluding hydrogens is 518 g/mol. The van der Waals surface area contributed by atoms with E-state index < -0.39 is 11.6 Å². The highest BCUT2D eigenvalue weighted by atomic mass is 19.2. The molecule has 0 amide bonds. The number of anilines is 2. The lowest BCUT2D eigenvalue weighted by atomic mass is 10.1. The van der Waals surface area contributed by atoms with E-state index in [2.05, 4.69) is 32.0 Å².